The molecular formula is C11H12BrCl2NO. The Morgan fingerprint density at radius 3 is 2.44 bits per heavy atom. The van der Waals surface area contributed by atoms with Gasteiger partial charge in [0.1, 0.15) is 0 Å². The van der Waals surface area contributed by atoms with Crippen LogP contribution in [0.2, 0.25) is 10.0 Å². The zero-order valence-electron chi connectivity index (χ0n) is 8.77. The summed E-state index contributed by atoms with van der Waals surface area (Å²) >= 11 is 15.0. The van der Waals surface area contributed by atoms with E-state index in [2.05, 4.69) is 21.2 Å². The van der Waals surface area contributed by atoms with Gasteiger partial charge in [0.2, 0.25) is 0 Å². The largest absolute Gasteiger partial charge is 0.352 e. The minimum absolute atomic E-state index is 0.155. The lowest BCUT2D eigenvalue weighted by Crippen LogP contribution is -2.25. The Bertz CT molecular complexity index is 362. The standard InChI is InChI=1S/C11H12BrCl2NO/c1-7(12)2-3-15-11(16)8-4-9(13)6-10(14)5-8/h4-7H,2-3H2,1H3,(H,15,16). The van der Waals surface area contributed by atoms with E-state index in [0.29, 0.717) is 27.0 Å². The van der Waals surface area contributed by atoms with E-state index in [1.807, 2.05) is 6.92 Å². The summed E-state index contributed by atoms with van der Waals surface area (Å²) in [6.07, 6.45) is 0.875. The number of alkyl halides is 1. The minimum Gasteiger partial charge on any atom is -0.352 e. The molecule has 0 aromatic heterocycles. The molecule has 16 heavy (non-hydrogen) atoms. The summed E-state index contributed by atoms with van der Waals surface area (Å²) in [6, 6.07) is 4.79. The summed E-state index contributed by atoms with van der Waals surface area (Å²) in [7, 11) is 0. The topological polar surface area (TPSA) is 29.1 Å². The Balaban J connectivity index is 2.59. The Morgan fingerprint density at radius 2 is 1.94 bits per heavy atom. The van der Waals surface area contributed by atoms with Crippen molar-refractivity contribution in [3.8, 4) is 0 Å². The van der Waals surface area contributed by atoms with Crippen molar-refractivity contribution in [2.75, 3.05) is 6.54 Å². The van der Waals surface area contributed by atoms with Gasteiger partial charge in [-0.3, -0.25) is 4.79 Å². The van der Waals surface area contributed by atoms with Crippen LogP contribution in [0, 0.1) is 0 Å². The molecule has 0 saturated heterocycles. The van der Waals surface area contributed by atoms with Gasteiger partial charge in [-0.25, -0.2) is 0 Å². The fourth-order valence-electron chi connectivity index (χ4n) is 1.17. The third-order valence-corrected chi connectivity index (χ3v) is 2.85. The maximum absolute atomic E-state index is 11.7. The molecule has 0 bridgehead atoms. The fourth-order valence-corrected chi connectivity index (χ4v) is 1.93. The van der Waals surface area contributed by atoms with Gasteiger partial charge >= 0.3 is 0 Å². The highest BCUT2D eigenvalue weighted by Gasteiger charge is 2.07. The number of halogens is 3. The van der Waals surface area contributed by atoms with Crippen LogP contribution < -0.4 is 5.32 Å². The van der Waals surface area contributed by atoms with E-state index in [0.717, 1.165) is 6.42 Å². The molecule has 0 spiro atoms. The molecule has 0 fully saturated rings. The molecule has 1 aromatic rings. The summed E-state index contributed by atoms with van der Waals surface area (Å²) in [4.78, 5) is 12.1. The molecule has 1 unspecified atom stereocenters. The first-order chi connectivity index (χ1) is 7.49. The molecule has 1 aromatic carbocycles. The average Bonchev–Trinajstić information content (AvgIpc) is 2.15. The monoisotopic (exact) mass is 323 g/mol. The van der Waals surface area contributed by atoms with Crippen LogP contribution >= 0.6 is 39.1 Å². The molecule has 0 aliphatic carbocycles. The van der Waals surface area contributed by atoms with Gasteiger partial charge in [-0.05, 0) is 24.6 Å². The van der Waals surface area contributed by atoms with Gasteiger partial charge in [0.15, 0.2) is 0 Å². The predicted molar refractivity (Wildman–Crippen MR) is 71.8 cm³/mol. The second-order valence-electron chi connectivity index (χ2n) is 3.48. The van der Waals surface area contributed by atoms with Crippen molar-refractivity contribution in [2.24, 2.45) is 0 Å². The second kappa shape index (κ2) is 6.48. The van der Waals surface area contributed by atoms with Crippen LogP contribution in [0.3, 0.4) is 0 Å². The van der Waals surface area contributed by atoms with Crippen molar-refractivity contribution in [1.29, 1.82) is 0 Å². The first-order valence-electron chi connectivity index (χ1n) is 4.87. The van der Waals surface area contributed by atoms with Gasteiger partial charge in [-0.15, -0.1) is 0 Å². The van der Waals surface area contributed by atoms with Gasteiger partial charge in [-0.2, -0.15) is 0 Å². The van der Waals surface area contributed by atoms with E-state index < -0.39 is 0 Å². The number of nitrogens with one attached hydrogen (secondary N) is 1. The van der Waals surface area contributed by atoms with Crippen LogP contribution in [0.5, 0.6) is 0 Å². The van der Waals surface area contributed by atoms with E-state index in [4.69, 9.17) is 23.2 Å². The summed E-state index contributed by atoms with van der Waals surface area (Å²) < 4.78 is 0. The maximum atomic E-state index is 11.7. The van der Waals surface area contributed by atoms with E-state index in [9.17, 15) is 4.79 Å². The molecule has 1 amide bonds. The number of benzene rings is 1. The lowest BCUT2D eigenvalue weighted by atomic mass is 10.2. The number of amides is 1. The molecule has 0 heterocycles. The Hall–Kier alpha value is -0.250. The Labute approximate surface area is 113 Å². The molecule has 0 saturated carbocycles. The van der Waals surface area contributed by atoms with Crippen molar-refractivity contribution < 1.29 is 4.79 Å². The lowest BCUT2D eigenvalue weighted by Gasteiger charge is -2.07. The molecule has 5 heteroatoms. The van der Waals surface area contributed by atoms with E-state index in [1.165, 1.54) is 0 Å². The quantitative estimate of drug-likeness (QED) is 0.836. The molecule has 2 nitrogen and oxygen atoms in total. The van der Waals surface area contributed by atoms with Gasteiger partial charge in [-0.1, -0.05) is 46.1 Å². The van der Waals surface area contributed by atoms with Crippen molar-refractivity contribution in [2.45, 2.75) is 18.2 Å². The van der Waals surface area contributed by atoms with Crippen LogP contribution in [-0.2, 0) is 0 Å². The van der Waals surface area contributed by atoms with E-state index in [-0.39, 0.29) is 5.91 Å². The number of hydrogen-bond acceptors (Lipinski definition) is 1. The number of rotatable bonds is 4. The summed E-state index contributed by atoms with van der Waals surface area (Å²) in [6.45, 7) is 2.65. The van der Waals surface area contributed by atoms with Crippen molar-refractivity contribution in [3.63, 3.8) is 0 Å². The first-order valence-corrected chi connectivity index (χ1v) is 6.54. The van der Waals surface area contributed by atoms with Crippen LogP contribution in [0.4, 0.5) is 0 Å². The van der Waals surface area contributed by atoms with E-state index >= 15 is 0 Å². The molecule has 0 aliphatic heterocycles. The number of carbonyl (C=O) groups is 1. The smallest absolute Gasteiger partial charge is 0.251 e. The molecule has 0 radical (unpaired) electrons. The third kappa shape index (κ3) is 4.73. The van der Waals surface area contributed by atoms with Gasteiger partial charge in [0.25, 0.3) is 5.91 Å². The van der Waals surface area contributed by atoms with Crippen molar-refractivity contribution >= 4 is 45.0 Å². The average molecular weight is 325 g/mol. The molecule has 1 rings (SSSR count). The normalized spacial score (nSPS) is 12.2. The van der Waals surface area contributed by atoms with Crippen LogP contribution in [0.1, 0.15) is 23.7 Å². The minimum atomic E-state index is -0.155. The predicted octanol–water partition coefficient (Wildman–Crippen LogP) is 3.90. The lowest BCUT2D eigenvalue weighted by molar-refractivity contribution is 0.0953. The third-order valence-electron chi connectivity index (χ3n) is 1.95. The summed E-state index contributed by atoms with van der Waals surface area (Å²) in [5.41, 5.74) is 0.486. The first kappa shape index (κ1) is 13.8. The maximum Gasteiger partial charge on any atom is 0.251 e. The molecule has 1 atom stereocenters. The SMILES string of the molecule is CC(Br)CCNC(=O)c1cc(Cl)cc(Cl)c1. The fraction of sp³-hybridized carbons (Fsp3) is 0.364. The van der Waals surface area contributed by atoms with Crippen LogP contribution in [0.15, 0.2) is 18.2 Å². The highest BCUT2D eigenvalue weighted by Crippen LogP contribution is 2.18. The zero-order chi connectivity index (χ0) is 12.1. The highest BCUT2D eigenvalue weighted by atomic mass is 79.9. The van der Waals surface area contributed by atoms with Crippen molar-refractivity contribution in [3.05, 3.63) is 33.8 Å². The van der Waals surface area contributed by atoms with Gasteiger partial charge in [0.05, 0.1) is 0 Å². The molecule has 1 N–H and O–H groups in total. The second-order valence-corrected chi connectivity index (χ2v) is 5.92. The summed E-state index contributed by atoms with van der Waals surface area (Å²) in [5, 5.41) is 3.73. The zero-order valence-corrected chi connectivity index (χ0v) is 11.9. The molecule has 88 valence electrons. The number of carbonyl (C=O) groups excluding carboxylic acids is 1. The Kier molecular flexibility index (Phi) is 5.59. The highest BCUT2D eigenvalue weighted by molar-refractivity contribution is 9.09. The van der Waals surface area contributed by atoms with Crippen LogP contribution in [-0.4, -0.2) is 17.3 Å². The van der Waals surface area contributed by atoms with Crippen LogP contribution in [0.25, 0.3) is 0 Å². The van der Waals surface area contributed by atoms with E-state index in [1.54, 1.807) is 18.2 Å². The Morgan fingerprint density at radius 1 is 1.38 bits per heavy atom. The molecular weight excluding hydrogens is 313 g/mol. The summed E-state index contributed by atoms with van der Waals surface area (Å²) in [5.74, 6) is -0.155. The molecule has 0 aliphatic rings. The number of hydrogen-bond donors (Lipinski definition) is 1. The van der Waals surface area contributed by atoms with Gasteiger partial charge < -0.3 is 5.32 Å². The van der Waals surface area contributed by atoms with Crippen molar-refractivity contribution in [1.82, 2.24) is 5.32 Å². The van der Waals surface area contributed by atoms with Gasteiger partial charge in [0, 0.05) is 27.0 Å².